The Morgan fingerprint density at radius 3 is 2.65 bits per heavy atom. The summed E-state index contributed by atoms with van der Waals surface area (Å²) in [6.45, 7) is 3.89. The minimum atomic E-state index is -0.450. The van der Waals surface area contributed by atoms with Crippen LogP contribution in [0.25, 0.3) is 0 Å². The number of rotatable bonds is 5. The van der Waals surface area contributed by atoms with Crippen LogP contribution in [0.15, 0.2) is 0 Å². The van der Waals surface area contributed by atoms with Crippen LogP contribution >= 0.6 is 0 Å². The summed E-state index contributed by atoms with van der Waals surface area (Å²) in [5.41, 5.74) is 0. The predicted molar refractivity (Wildman–Crippen MR) is 63.2 cm³/mol. The van der Waals surface area contributed by atoms with E-state index in [2.05, 4.69) is 5.32 Å². The lowest BCUT2D eigenvalue weighted by Gasteiger charge is -2.27. The van der Waals surface area contributed by atoms with Crippen LogP contribution in [-0.2, 0) is 9.59 Å². The van der Waals surface area contributed by atoms with E-state index in [9.17, 15) is 14.0 Å². The van der Waals surface area contributed by atoms with E-state index < -0.39 is 6.04 Å². The van der Waals surface area contributed by atoms with Crippen molar-refractivity contribution in [1.29, 1.82) is 0 Å². The highest BCUT2D eigenvalue weighted by molar-refractivity contribution is 5.90. The molecule has 5 heteroatoms. The minimum absolute atomic E-state index is 0.0383. The third kappa shape index (κ3) is 3.98. The molecule has 1 rings (SSSR count). The summed E-state index contributed by atoms with van der Waals surface area (Å²) in [5, 5.41) is 2.66. The van der Waals surface area contributed by atoms with Crippen molar-refractivity contribution >= 4 is 11.8 Å². The molecule has 98 valence electrons. The molecule has 0 aromatic heterocycles. The number of carbonyl (C=O) groups excluding carboxylic acids is 2. The monoisotopic (exact) mass is 244 g/mol. The maximum Gasteiger partial charge on any atom is 0.245 e. The Balaban J connectivity index is 2.53. The van der Waals surface area contributed by atoms with E-state index in [1.807, 2.05) is 6.92 Å². The van der Waals surface area contributed by atoms with E-state index in [1.165, 1.54) is 0 Å². The van der Waals surface area contributed by atoms with Crippen LogP contribution in [0, 0.1) is 0 Å². The molecule has 0 radical (unpaired) electrons. The lowest BCUT2D eigenvalue weighted by Crippen LogP contribution is -2.45. The fraction of sp³-hybridized carbons (Fsp3) is 0.833. The highest BCUT2D eigenvalue weighted by atomic mass is 19.1. The van der Waals surface area contributed by atoms with Gasteiger partial charge < -0.3 is 10.2 Å². The van der Waals surface area contributed by atoms with Gasteiger partial charge in [-0.1, -0.05) is 0 Å². The molecular formula is C12H21FN2O2. The van der Waals surface area contributed by atoms with E-state index in [0.717, 1.165) is 12.8 Å². The first-order valence-corrected chi connectivity index (χ1v) is 6.22. The van der Waals surface area contributed by atoms with Crippen molar-refractivity contribution in [2.75, 3.05) is 13.2 Å². The topological polar surface area (TPSA) is 49.4 Å². The number of unbranched alkanes of at least 4 members (excludes halogenated alkanes) is 2. The van der Waals surface area contributed by atoms with Crippen LogP contribution < -0.4 is 5.32 Å². The van der Waals surface area contributed by atoms with Crippen molar-refractivity contribution in [3.63, 3.8) is 0 Å². The van der Waals surface area contributed by atoms with Crippen LogP contribution in [0.4, 0.5) is 4.39 Å². The Morgan fingerprint density at radius 1 is 1.29 bits per heavy atom. The van der Waals surface area contributed by atoms with E-state index in [1.54, 1.807) is 11.8 Å². The fourth-order valence-electron chi connectivity index (χ4n) is 2.09. The second-order valence-electron chi connectivity index (χ2n) is 4.62. The SMILES string of the molecule is CC1NC(=O)CC(C)N(CCCCCF)C1=O. The first-order valence-electron chi connectivity index (χ1n) is 6.22. The second-order valence-corrected chi connectivity index (χ2v) is 4.62. The van der Waals surface area contributed by atoms with Gasteiger partial charge in [0.05, 0.1) is 6.67 Å². The van der Waals surface area contributed by atoms with Gasteiger partial charge in [-0.3, -0.25) is 14.0 Å². The Hall–Kier alpha value is -1.13. The van der Waals surface area contributed by atoms with Gasteiger partial charge in [0.25, 0.3) is 0 Å². The van der Waals surface area contributed by atoms with Gasteiger partial charge in [-0.15, -0.1) is 0 Å². The molecule has 0 spiro atoms. The maximum absolute atomic E-state index is 12.0. The van der Waals surface area contributed by atoms with Gasteiger partial charge in [0.2, 0.25) is 11.8 Å². The Morgan fingerprint density at radius 2 is 2.00 bits per heavy atom. The van der Waals surface area contributed by atoms with Gasteiger partial charge in [0, 0.05) is 19.0 Å². The van der Waals surface area contributed by atoms with Gasteiger partial charge in [0.15, 0.2) is 0 Å². The van der Waals surface area contributed by atoms with Crippen LogP contribution in [0.5, 0.6) is 0 Å². The van der Waals surface area contributed by atoms with Crippen molar-refractivity contribution in [2.45, 2.75) is 51.6 Å². The average Bonchev–Trinajstić information content (AvgIpc) is 2.35. The van der Waals surface area contributed by atoms with Crippen LogP contribution in [-0.4, -0.2) is 42.0 Å². The summed E-state index contributed by atoms with van der Waals surface area (Å²) in [6.07, 6.45) is 2.46. The molecule has 0 saturated carbocycles. The molecule has 1 N–H and O–H groups in total. The molecule has 0 aromatic rings. The van der Waals surface area contributed by atoms with Crippen molar-refractivity contribution in [1.82, 2.24) is 10.2 Å². The number of carbonyl (C=O) groups is 2. The molecule has 0 aliphatic carbocycles. The first-order chi connectivity index (χ1) is 8.06. The fourth-order valence-corrected chi connectivity index (χ4v) is 2.09. The van der Waals surface area contributed by atoms with Crippen molar-refractivity contribution in [2.24, 2.45) is 0 Å². The number of amides is 2. The van der Waals surface area contributed by atoms with Crippen LogP contribution in [0.3, 0.4) is 0 Å². The molecule has 1 aliphatic rings. The number of nitrogens with zero attached hydrogens (tertiary/aromatic N) is 1. The minimum Gasteiger partial charge on any atom is -0.345 e. The summed E-state index contributed by atoms with van der Waals surface area (Å²) in [6, 6.07) is -0.522. The quantitative estimate of drug-likeness (QED) is 0.740. The third-order valence-corrected chi connectivity index (χ3v) is 3.08. The zero-order valence-corrected chi connectivity index (χ0v) is 10.5. The molecule has 2 unspecified atom stereocenters. The Bertz CT molecular complexity index is 284. The molecule has 2 atom stereocenters. The predicted octanol–water partition coefficient (Wildman–Crippen LogP) is 1.25. The summed E-state index contributed by atoms with van der Waals surface area (Å²) in [7, 11) is 0. The molecule has 2 amide bonds. The van der Waals surface area contributed by atoms with E-state index in [0.29, 0.717) is 19.4 Å². The smallest absolute Gasteiger partial charge is 0.245 e. The van der Waals surface area contributed by atoms with E-state index in [-0.39, 0.29) is 24.5 Å². The number of hydrogen-bond acceptors (Lipinski definition) is 2. The lowest BCUT2D eigenvalue weighted by atomic mass is 10.1. The largest absolute Gasteiger partial charge is 0.345 e. The van der Waals surface area contributed by atoms with Gasteiger partial charge in [-0.05, 0) is 33.1 Å². The zero-order valence-electron chi connectivity index (χ0n) is 10.5. The standard InChI is InChI=1S/C12H21FN2O2/c1-9-8-11(16)14-10(2)12(17)15(9)7-5-3-4-6-13/h9-10H,3-8H2,1-2H3,(H,14,16). The molecule has 1 heterocycles. The molecule has 1 saturated heterocycles. The molecular weight excluding hydrogens is 223 g/mol. The third-order valence-electron chi connectivity index (χ3n) is 3.08. The molecule has 17 heavy (non-hydrogen) atoms. The van der Waals surface area contributed by atoms with Crippen molar-refractivity contribution in [3.8, 4) is 0 Å². The summed E-state index contributed by atoms with van der Waals surface area (Å²) in [4.78, 5) is 25.2. The first kappa shape index (κ1) is 13.9. The number of alkyl halides is 1. The molecule has 0 aromatic carbocycles. The number of nitrogens with one attached hydrogen (secondary N) is 1. The second kappa shape index (κ2) is 6.57. The van der Waals surface area contributed by atoms with Gasteiger partial charge in [-0.2, -0.15) is 0 Å². The van der Waals surface area contributed by atoms with Gasteiger partial charge >= 0.3 is 0 Å². The normalized spacial score (nSPS) is 25.7. The highest BCUT2D eigenvalue weighted by Gasteiger charge is 2.30. The van der Waals surface area contributed by atoms with Crippen molar-refractivity contribution < 1.29 is 14.0 Å². The number of hydrogen-bond donors (Lipinski definition) is 1. The molecule has 1 fully saturated rings. The Labute approximate surface area is 102 Å². The van der Waals surface area contributed by atoms with Crippen LogP contribution in [0.1, 0.15) is 39.5 Å². The average molecular weight is 244 g/mol. The number of halogens is 1. The van der Waals surface area contributed by atoms with Gasteiger partial charge in [0.1, 0.15) is 6.04 Å². The molecule has 4 nitrogen and oxygen atoms in total. The molecule has 1 aliphatic heterocycles. The lowest BCUT2D eigenvalue weighted by molar-refractivity contribution is -0.134. The van der Waals surface area contributed by atoms with E-state index in [4.69, 9.17) is 0 Å². The van der Waals surface area contributed by atoms with Crippen LogP contribution in [0.2, 0.25) is 0 Å². The molecule has 0 bridgehead atoms. The highest BCUT2D eigenvalue weighted by Crippen LogP contribution is 2.12. The van der Waals surface area contributed by atoms with E-state index >= 15 is 0 Å². The maximum atomic E-state index is 12.0. The van der Waals surface area contributed by atoms with Gasteiger partial charge in [-0.25, -0.2) is 0 Å². The Kier molecular flexibility index (Phi) is 5.38. The zero-order chi connectivity index (χ0) is 12.8. The summed E-state index contributed by atoms with van der Waals surface area (Å²) in [5.74, 6) is -0.117. The van der Waals surface area contributed by atoms with Crippen molar-refractivity contribution in [3.05, 3.63) is 0 Å². The summed E-state index contributed by atoms with van der Waals surface area (Å²) >= 11 is 0. The summed E-state index contributed by atoms with van der Waals surface area (Å²) < 4.78 is 12.0.